The second kappa shape index (κ2) is 8.97. The van der Waals surface area contributed by atoms with Gasteiger partial charge in [-0.3, -0.25) is 10.0 Å². The summed E-state index contributed by atoms with van der Waals surface area (Å²) in [6.07, 6.45) is 2.54. The first kappa shape index (κ1) is 21.8. The summed E-state index contributed by atoms with van der Waals surface area (Å²) in [5, 5.41) is 18.1. The summed E-state index contributed by atoms with van der Waals surface area (Å²) in [4.78, 5) is 12.6. The van der Waals surface area contributed by atoms with Gasteiger partial charge in [0.2, 0.25) is 0 Å². The average molecular weight is 429 g/mol. The van der Waals surface area contributed by atoms with Crippen molar-refractivity contribution >= 4 is 5.91 Å². The molecule has 0 saturated heterocycles. The number of rotatable bonds is 5. The van der Waals surface area contributed by atoms with Gasteiger partial charge in [-0.1, -0.05) is 86.5 Å². The van der Waals surface area contributed by atoms with E-state index >= 15 is 0 Å². The number of nitrogens with zero attached hydrogens (tertiary/aromatic N) is 3. The van der Waals surface area contributed by atoms with E-state index in [1.165, 1.54) is 5.56 Å². The van der Waals surface area contributed by atoms with Gasteiger partial charge in [-0.05, 0) is 35.3 Å². The van der Waals surface area contributed by atoms with Crippen LogP contribution in [0.5, 0.6) is 0 Å². The molecule has 1 aromatic heterocycles. The topological polar surface area (TPSA) is 80.0 Å². The first-order valence-corrected chi connectivity index (χ1v) is 10.9. The van der Waals surface area contributed by atoms with Crippen LogP contribution in [-0.4, -0.2) is 26.1 Å². The molecule has 1 atom stereocenters. The van der Waals surface area contributed by atoms with Crippen LogP contribution in [0.1, 0.15) is 56.5 Å². The van der Waals surface area contributed by atoms with Crippen LogP contribution in [0, 0.1) is 17.8 Å². The molecular formula is C26H28N4O2. The van der Waals surface area contributed by atoms with Crippen LogP contribution in [0.2, 0.25) is 0 Å². The Morgan fingerprint density at radius 3 is 2.44 bits per heavy atom. The van der Waals surface area contributed by atoms with E-state index < -0.39 is 11.9 Å². The zero-order valence-corrected chi connectivity index (χ0v) is 18.7. The first-order valence-electron chi connectivity index (χ1n) is 10.9. The van der Waals surface area contributed by atoms with Gasteiger partial charge >= 0.3 is 0 Å². The van der Waals surface area contributed by atoms with Gasteiger partial charge in [-0.25, -0.2) is 10.2 Å². The van der Waals surface area contributed by atoms with E-state index in [0.29, 0.717) is 23.7 Å². The monoisotopic (exact) mass is 428 g/mol. The Balaban J connectivity index is 1.77. The van der Waals surface area contributed by atoms with E-state index in [1.807, 2.05) is 42.5 Å². The van der Waals surface area contributed by atoms with E-state index in [2.05, 4.69) is 55.1 Å². The van der Waals surface area contributed by atoms with E-state index in [9.17, 15) is 10.0 Å². The summed E-state index contributed by atoms with van der Waals surface area (Å²) in [6.45, 7) is 6.52. The summed E-state index contributed by atoms with van der Waals surface area (Å²) in [6, 6.07) is 17.1. The predicted molar refractivity (Wildman–Crippen MR) is 123 cm³/mol. The van der Waals surface area contributed by atoms with Crippen molar-refractivity contribution in [3.05, 3.63) is 71.4 Å². The van der Waals surface area contributed by atoms with Gasteiger partial charge in [0.15, 0.2) is 0 Å². The molecule has 0 bridgehead atoms. The van der Waals surface area contributed by atoms with Crippen molar-refractivity contribution in [2.75, 3.05) is 0 Å². The number of hydrogen-bond donors (Lipinski definition) is 2. The molecule has 0 spiro atoms. The predicted octanol–water partition coefficient (Wildman–Crippen LogP) is 4.29. The molecule has 1 fully saturated rings. The molecule has 4 rings (SSSR count). The van der Waals surface area contributed by atoms with Crippen molar-refractivity contribution in [3.63, 3.8) is 0 Å². The highest BCUT2D eigenvalue weighted by Gasteiger charge is 2.27. The quantitative estimate of drug-likeness (QED) is 0.361. The molecule has 0 unspecified atom stereocenters. The number of carbonyl (C=O) groups excluding carboxylic acids is 1. The number of amides is 1. The minimum Gasteiger partial charge on any atom is -0.289 e. The van der Waals surface area contributed by atoms with Crippen molar-refractivity contribution in [1.82, 2.24) is 20.5 Å². The SMILES string of the molecule is CC(C)(C)c1ccc(-c2nnn([C@@H](Cc3ccccc3)C(=O)NO)c2C#CC2CC2)cc1. The molecule has 1 amide bonds. The molecule has 3 aromatic rings. The molecule has 32 heavy (non-hydrogen) atoms. The normalized spacial score (nSPS) is 14.4. The lowest BCUT2D eigenvalue weighted by atomic mass is 9.86. The Kier molecular flexibility index (Phi) is 6.11. The Bertz CT molecular complexity index is 1140. The lowest BCUT2D eigenvalue weighted by Crippen LogP contribution is -2.33. The highest BCUT2D eigenvalue weighted by Crippen LogP contribution is 2.30. The lowest BCUT2D eigenvalue weighted by molar-refractivity contribution is -0.133. The van der Waals surface area contributed by atoms with Crippen LogP contribution in [0.3, 0.4) is 0 Å². The molecule has 2 N–H and O–H groups in total. The first-order chi connectivity index (χ1) is 15.4. The molecule has 6 nitrogen and oxygen atoms in total. The Labute approximate surface area is 188 Å². The Morgan fingerprint density at radius 2 is 1.84 bits per heavy atom. The van der Waals surface area contributed by atoms with Gasteiger partial charge in [-0.15, -0.1) is 5.10 Å². The van der Waals surface area contributed by atoms with Crippen molar-refractivity contribution in [3.8, 4) is 23.1 Å². The fourth-order valence-corrected chi connectivity index (χ4v) is 3.55. The molecule has 1 saturated carbocycles. The van der Waals surface area contributed by atoms with Crippen LogP contribution in [0.25, 0.3) is 11.3 Å². The summed E-state index contributed by atoms with van der Waals surface area (Å²) >= 11 is 0. The Hall–Kier alpha value is -3.43. The van der Waals surface area contributed by atoms with E-state index in [-0.39, 0.29) is 5.41 Å². The van der Waals surface area contributed by atoms with Crippen molar-refractivity contribution in [2.45, 2.75) is 51.5 Å². The van der Waals surface area contributed by atoms with E-state index in [1.54, 1.807) is 10.2 Å². The molecular weight excluding hydrogens is 400 g/mol. The van der Waals surface area contributed by atoms with Crippen molar-refractivity contribution in [1.29, 1.82) is 0 Å². The fraction of sp³-hybridized carbons (Fsp3) is 0.346. The highest BCUT2D eigenvalue weighted by atomic mass is 16.5. The van der Waals surface area contributed by atoms with Gasteiger partial charge in [-0.2, -0.15) is 0 Å². The molecule has 1 heterocycles. The number of hydrogen-bond acceptors (Lipinski definition) is 4. The largest absolute Gasteiger partial charge is 0.289 e. The minimum atomic E-state index is -0.777. The van der Waals surface area contributed by atoms with Crippen LogP contribution in [0.4, 0.5) is 0 Å². The van der Waals surface area contributed by atoms with Crippen LogP contribution in [-0.2, 0) is 16.6 Å². The molecule has 1 aliphatic carbocycles. The maximum Gasteiger partial charge on any atom is 0.268 e. The summed E-state index contributed by atoms with van der Waals surface area (Å²) in [5.41, 5.74) is 6.13. The van der Waals surface area contributed by atoms with Crippen LogP contribution < -0.4 is 5.48 Å². The van der Waals surface area contributed by atoms with Gasteiger partial charge in [0, 0.05) is 17.9 Å². The number of hydroxylamine groups is 1. The molecule has 0 aliphatic heterocycles. The number of carbonyl (C=O) groups is 1. The zero-order valence-electron chi connectivity index (χ0n) is 18.7. The fourth-order valence-electron chi connectivity index (χ4n) is 3.55. The maximum atomic E-state index is 12.6. The Morgan fingerprint density at radius 1 is 1.16 bits per heavy atom. The third kappa shape index (κ3) is 4.90. The van der Waals surface area contributed by atoms with Gasteiger partial charge < -0.3 is 0 Å². The second-order valence-electron chi connectivity index (χ2n) is 9.28. The summed E-state index contributed by atoms with van der Waals surface area (Å²) < 4.78 is 1.54. The van der Waals surface area contributed by atoms with Gasteiger partial charge in [0.25, 0.3) is 5.91 Å². The summed E-state index contributed by atoms with van der Waals surface area (Å²) in [7, 11) is 0. The third-order valence-electron chi connectivity index (χ3n) is 5.67. The maximum absolute atomic E-state index is 12.6. The second-order valence-corrected chi connectivity index (χ2v) is 9.28. The molecule has 164 valence electrons. The third-order valence-corrected chi connectivity index (χ3v) is 5.67. The van der Waals surface area contributed by atoms with E-state index in [4.69, 9.17) is 0 Å². The number of nitrogens with one attached hydrogen (secondary N) is 1. The molecule has 2 aromatic carbocycles. The average Bonchev–Trinajstić information content (AvgIpc) is 3.53. The van der Waals surface area contributed by atoms with Crippen LogP contribution >= 0.6 is 0 Å². The highest BCUT2D eigenvalue weighted by molar-refractivity contribution is 5.80. The lowest BCUT2D eigenvalue weighted by Gasteiger charge is -2.19. The number of benzene rings is 2. The molecule has 1 aliphatic rings. The minimum absolute atomic E-state index is 0.0464. The van der Waals surface area contributed by atoms with Gasteiger partial charge in [0.05, 0.1) is 0 Å². The van der Waals surface area contributed by atoms with E-state index in [0.717, 1.165) is 24.0 Å². The van der Waals surface area contributed by atoms with Gasteiger partial charge in [0.1, 0.15) is 17.4 Å². The van der Waals surface area contributed by atoms with Crippen molar-refractivity contribution in [2.24, 2.45) is 5.92 Å². The summed E-state index contributed by atoms with van der Waals surface area (Å²) in [5.74, 6) is 6.34. The smallest absolute Gasteiger partial charge is 0.268 e. The van der Waals surface area contributed by atoms with Crippen LogP contribution in [0.15, 0.2) is 54.6 Å². The zero-order chi connectivity index (χ0) is 22.7. The van der Waals surface area contributed by atoms with Crippen molar-refractivity contribution < 1.29 is 10.0 Å². The standard InChI is InChI=1S/C26H28N4O2/c1-26(2,3)21-14-12-20(13-15-21)24-22(16-11-18-9-10-18)30(29-27-24)23(25(31)28-32)17-19-7-5-4-6-8-19/h4-8,12-15,18,23,32H,9-10,17H2,1-3H3,(H,28,31)/t23-/m0/s1. The number of aromatic nitrogens is 3. The molecule has 0 radical (unpaired) electrons. The molecule has 6 heteroatoms.